The zero-order valence-electron chi connectivity index (χ0n) is 17.3. The maximum Gasteiger partial charge on any atom is 0.230 e. The van der Waals surface area contributed by atoms with E-state index >= 15 is 0 Å². The number of aryl methyl sites for hydroxylation is 2. The maximum atomic E-state index is 5.47. The normalized spacial score (nSPS) is 14.6. The molecule has 0 radical (unpaired) electrons. The van der Waals surface area contributed by atoms with Gasteiger partial charge in [-0.2, -0.15) is 15.1 Å². The molecule has 0 bridgehead atoms. The molecular weight excluding hydrogens is 396 g/mol. The molecule has 10 nitrogen and oxygen atoms in total. The van der Waals surface area contributed by atoms with Crippen LogP contribution in [0.1, 0.15) is 16.8 Å². The van der Waals surface area contributed by atoms with Crippen molar-refractivity contribution < 1.29 is 9.26 Å². The first-order chi connectivity index (χ1) is 15.2. The average Bonchev–Trinajstić information content (AvgIpc) is 3.39. The molecule has 3 aromatic heterocycles. The van der Waals surface area contributed by atoms with E-state index in [9.17, 15) is 0 Å². The van der Waals surface area contributed by atoms with Crippen LogP contribution < -0.4 is 10.2 Å². The van der Waals surface area contributed by atoms with Crippen molar-refractivity contribution in [1.82, 2.24) is 24.8 Å². The van der Waals surface area contributed by atoms with E-state index < -0.39 is 0 Å². The molecule has 1 fully saturated rings. The van der Waals surface area contributed by atoms with Crippen LogP contribution >= 0.6 is 0 Å². The molecular formula is C21H22N8O2. The van der Waals surface area contributed by atoms with Gasteiger partial charge in [0.1, 0.15) is 6.33 Å². The summed E-state index contributed by atoms with van der Waals surface area (Å²) < 4.78 is 12.4. The Morgan fingerprint density at radius 1 is 1.13 bits per heavy atom. The van der Waals surface area contributed by atoms with E-state index in [1.54, 1.807) is 23.3 Å². The van der Waals surface area contributed by atoms with Crippen molar-refractivity contribution in [2.45, 2.75) is 13.8 Å². The molecule has 0 unspecified atom stereocenters. The van der Waals surface area contributed by atoms with Crippen molar-refractivity contribution in [2.24, 2.45) is 5.10 Å². The van der Waals surface area contributed by atoms with E-state index in [0.717, 1.165) is 11.3 Å². The summed E-state index contributed by atoms with van der Waals surface area (Å²) in [6, 6.07) is 9.92. The van der Waals surface area contributed by atoms with Crippen molar-refractivity contribution in [2.75, 3.05) is 36.5 Å². The van der Waals surface area contributed by atoms with Crippen LogP contribution in [0.25, 0.3) is 11.2 Å². The third-order valence-corrected chi connectivity index (χ3v) is 4.90. The zero-order valence-corrected chi connectivity index (χ0v) is 17.3. The molecule has 1 saturated heterocycles. The van der Waals surface area contributed by atoms with Crippen molar-refractivity contribution in [3.05, 3.63) is 53.5 Å². The van der Waals surface area contributed by atoms with Crippen LogP contribution in [0, 0.1) is 13.8 Å². The van der Waals surface area contributed by atoms with Gasteiger partial charge in [-0.15, -0.1) is 0 Å². The van der Waals surface area contributed by atoms with Crippen molar-refractivity contribution in [3.63, 3.8) is 0 Å². The predicted octanol–water partition coefficient (Wildman–Crippen LogP) is 2.89. The van der Waals surface area contributed by atoms with Crippen LogP contribution in [0.5, 0.6) is 0 Å². The lowest BCUT2D eigenvalue weighted by Crippen LogP contribution is -2.37. The Morgan fingerprint density at radius 2 is 2.00 bits per heavy atom. The van der Waals surface area contributed by atoms with Gasteiger partial charge in [0.25, 0.3) is 0 Å². The zero-order chi connectivity index (χ0) is 21.2. The van der Waals surface area contributed by atoms with E-state index in [4.69, 9.17) is 19.2 Å². The highest BCUT2D eigenvalue weighted by Gasteiger charge is 2.20. The van der Waals surface area contributed by atoms with Gasteiger partial charge in [0.2, 0.25) is 11.8 Å². The fraction of sp³-hybridized carbons (Fsp3) is 0.286. The Balaban J connectivity index is 1.56. The minimum Gasteiger partial charge on any atom is -0.378 e. The summed E-state index contributed by atoms with van der Waals surface area (Å²) in [6.45, 7) is 6.61. The minimum atomic E-state index is 0.489. The molecule has 0 amide bonds. The van der Waals surface area contributed by atoms with Gasteiger partial charge in [0, 0.05) is 19.2 Å². The molecule has 0 atom stereocenters. The van der Waals surface area contributed by atoms with E-state index in [1.807, 2.05) is 19.1 Å². The molecule has 31 heavy (non-hydrogen) atoms. The van der Waals surface area contributed by atoms with Crippen LogP contribution in [0.15, 0.2) is 46.3 Å². The van der Waals surface area contributed by atoms with Crippen molar-refractivity contribution >= 4 is 35.0 Å². The monoisotopic (exact) mass is 418 g/mol. The standard InChI is InChI=1S/C21H22N8O2/c1-14-4-3-5-16(10-14)12-23-29-13-22-18-19(24-17-11-15(2)27-31-17)25-21(26-20(18)29)28-6-8-30-9-7-28/h3-5,10-13H,6-9H2,1-2H3,(H,24,25,26). The largest absolute Gasteiger partial charge is 0.378 e. The Bertz CT molecular complexity index is 1240. The molecule has 1 N–H and O–H groups in total. The van der Waals surface area contributed by atoms with E-state index in [2.05, 4.69) is 44.5 Å². The number of rotatable bonds is 5. The average molecular weight is 418 g/mol. The second kappa shape index (κ2) is 8.15. The maximum absolute atomic E-state index is 5.47. The van der Waals surface area contributed by atoms with Crippen LogP contribution in [-0.2, 0) is 4.74 Å². The van der Waals surface area contributed by atoms with Crippen LogP contribution in [-0.4, -0.2) is 57.3 Å². The molecule has 5 rings (SSSR count). The van der Waals surface area contributed by atoms with Gasteiger partial charge in [-0.05, 0) is 19.4 Å². The number of benzene rings is 1. The van der Waals surface area contributed by atoms with E-state index in [0.29, 0.717) is 55.1 Å². The highest BCUT2D eigenvalue weighted by Crippen LogP contribution is 2.26. The smallest absolute Gasteiger partial charge is 0.230 e. The molecule has 4 heterocycles. The molecule has 1 aromatic carbocycles. The topological polar surface area (TPSA) is 106 Å². The predicted molar refractivity (Wildman–Crippen MR) is 117 cm³/mol. The third kappa shape index (κ3) is 4.10. The number of ether oxygens (including phenoxy) is 1. The van der Waals surface area contributed by atoms with Crippen LogP contribution in [0.2, 0.25) is 0 Å². The summed E-state index contributed by atoms with van der Waals surface area (Å²) in [4.78, 5) is 16.0. The fourth-order valence-electron chi connectivity index (χ4n) is 3.37. The lowest BCUT2D eigenvalue weighted by atomic mass is 10.2. The Kier molecular flexibility index (Phi) is 5.04. The first-order valence-electron chi connectivity index (χ1n) is 10.0. The second-order valence-corrected chi connectivity index (χ2v) is 7.35. The molecule has 1 aliphatic rings. The summed E-state index contributed by atoms with van der Waals surface area (Å²) in [5.41, 5.74) is 4.13. The van der Waals surface area contributed by atoms with Crippen molar-refractivity contribution in [3.8, 4) is 0 Å². The quantitative estimate of drug-likeness (QED) is 0.493. The fourth-order valence-corrected chi connectivity index (χ4v) is 3.37. The summed E-state index contributed by atoms with van der Waals surface area (Å²) in [6.07, 6.45) is 3.42. The van der Waals surface area contributed by atoms with Gasteiger partial charge in [-0.1, -0.05) is 35.0 Å². The number of hydrogen-bond donors (Lipinski definition) is 1. The van der Waals surface area contributed by atoms with Gasteiger partial charge in [0.05, 0.1) is 25.1 Å². The summed E-state index contributed by atoms with van der Waals surface area (Å²) >= 11 is 0. The highest BCUT2D eigenvalue weighted by molar-refractivity contribution is 5.87. The SMILES string of the molecule is Cc1cccc(C=Nn2cnc3c(Nc4cc(C)no4)nc(N4CCOCC4)nc32)c1. The van der Waals surface area contributed by atoms with Crippen molar-refractivity contribution in [1.29, 1.82) is 0 Å². The number of nitrogens with zero attached hydrogens (tertiary/aromatic N) is 7. The summed E-state index contributed by atoms with van der Waals surface area (Å²) in [7, 11) is 0. The number of nitrogens with one attached hydrogen (secondary N) is 1. The first-order valence-corrected chi connectivity index (χ1v) is 10.0. The molecule has 158 valence electrons. The molecule has 0 aliphatic carbocycles. The molecule has 0 spiro atoms. The van der Waals surface area contributed by atoms with Crippen LogP contribution in [0.4, 0.5) is 17.7 Å². The Hall–Kier alpha value is -3.79. The number of morpholine rings is 1. The molecule has 4 aromatic rings. The van der Waals surface area contributed by atoms with E-state index in [1.165, 1.54) is 5.56 Å². The summed E-state index contributed by atoms with van der Waals surface area (Å²) in [5, 5.41) is 11.7. The number of aromatic nitrogens is 5. The Morgan fingerprint density at radius 3 is 2.77 bits per heavy atom. The molecule has 10 heteroatoms. The lowest BCUT2D eigenvalue weighted by molar-refractivity contribution is 0.122. The Labute approximate surface area is 178 Å². The van der Waals surface area contributed by atoms with E-state index in [-0.39, 0.29) is 0 Å². The summed E-state index contributed by atoms with van der Waals surface area (Å²) in [5.74, 6) is 1.61. The van der Waals surface area contributed by atoms with Gasteiger partial charge >= 0.3 is 0 Å². The second-order valence-electron chi connectivity index (χ2n) is 7.35. The lowest BCUT2D eigenvalue weighted by Gasteiger charge is -2.26. The minimum absolute atomic E-state index is 0.489. The third-order valence-electron chi connectivity index (χ3n) is 4.90. The molecule has 0 saturated carbocycles. The van der Waals surface area contributed by atoms with Crippen LogP contribution in [0.3, 0.4) is 0 Å². The highest BCUT2D eigenvalue weighted by atomic mass is 16.5. The number of hydrogen-bond acceptors (Lipinski definition) is 9. The first kappa shape index (κ1) is 19.2. The number of fused-ring (bicyclic) bond motifs is 1. The molecule has 1 aliphatic heterocycles. The number of anilines is 3. The van der Waals surface area contributed by atoms with Gasteiger partial charge < -0.3 is 19.5 Å². The van der Waals surface area contributed by atoms with Gasteiger partial charge in [-0.25, -0.2) is 9.66 Å². The number of imidazole rings is 1. The van der Waals surface area contributed by atoms with Gasteiger partial charge in [-0.3, -0.25) is 0 Å². The van der Waals surface area contributed by atoms with Gasteiger partial charge in [0.15, 0.2) is 17.0 Å².